The Morgan fingerprint density at radius 1 is 1.25 bits per heavy atom. The fourth-order valence-electron chi connectivity index (χ4n) is 2.81. The van der Waals surface area contributed by atoms with Gasteiger partial charge in [-0.3, -0.25) is 0 Å². The second kappa shape index (κ2) is 6.46. The molecule has 0 spiro atoms. The summed E-state index contributed by atoms with van der Waals surface area (Å²) in [5, 5.41) is 11.7. The normalized spacial score (nSPS) is 27.9. The molecule has 0 aliphatic heterocycles. The smallest absolute Gasteiger partial charge is 0.408 e. The number of hydrogen-bond donors (Lipinski definition) is 2. The molecule has 0 aromatic carbocycles. The first kappa shape index (κ1) is 16.8. The van der Waals surface area contributed by atoms with Crippen molar-refractivity contribution in [3.63, 3.8) is 0 Å². The van der Waals surface area contributed by atoms with Gasteiger partial charge in [0.1, 0.15) is 11.6 Å². The Morgan fingerprint density at radius 3 is 2.15 bits per heavy atom. The molecule has 2 N–H and O–H groups in total. The molecule has 0 aromatic heterocycles. The lowest BCUT2D eigenvalue weighted by molar-refractivity contribution is -0.140. The van der Waals surface area contributed by atoms with Gasteiger partial charge in [-0.15, -0.1) is 0 Å². The van der Waals surface area contributed by atoms with E-state index in [2.05, 4.69) is 19.2 Å². The summed E-state index contributed by atoms with van der Waals surface area (Å²) in [6.07, 6.45) is 1.87. The van der Waals surface area contributed by atoms with Crippen LogP contribution in [0.2, 0.25) is 0 Å². The summed E-state index contributed by atoms with van der Waals surface area (Å²) in [7, 11) is 0. The fourth-order valence-corrected chi connectivity index (χ4v) is 2.81. The molecular formula is C15H27NO4. The molecule has 5 heteroatoms. The van der Waals surface area contributed by atoms with E-state index in [9.17, 15) is 14.7 Å². The van der Waals surface area contributed by atoms with Crippen molar-refractivity contribution in [3.8, 4) is 0 Å². The Morgan fingerprint density at radius 2 is 1.75 bits per heavy atom. The zero-order valence-corrected chi connectivity index (χ0v) is 13.1. The molecule has 0 radical (unpaired) electrons. The number of amides is 1. The van der Waals surface area contributed by atoms with Crippen LogP contribution in [0.25, 0.3) is 0 Å². The van der Waals surface area contributed by atoms with Crippen LogP contribution >= 0.6 is 0 Å². The number of aliphatic carboxylic acids is 1. The van der Waals surface area contributed by atoms with Gasteiger partial charge < -0.3 is 15.2 Å². The zero-order valence-electron chi connectivity index (χ0n) is 13.1. The Balaban J connectivity index is 2.53. The fraction of sp³-hybridized carbons (Fsp3) is 0.867. The van der Waals surface area contributed by atoms with Crippen molar-refractivity contribution in [2.75, 3.05) is 0 Å². The van der Waals surface area contributed by atoms with Crippen molar-refractivity contribution >= 4 is 12.1 Å². The van der Waals surface area contributed by atoms with Gasteiger partial charge in [0.05, 0.1) is 0 Å². The number of ether oxygens (including phenoxy) is 1. The van der Waals surface area contributed by atoms with Crippen LogP contribution in [-0.4, -0.2) is 28.8 Å². The van der Waals surface area contributed by atoms with E-state index >= 15 is 0 Å². The Labute approximate surface area is 121 Å². The maximum Gasteiger partial charge on any atom is 0.408 e. The number of nitrogens with one attached hydrogen (secondary N) is 1. The van der Waals surface area contributed by atoms with Crippen molar-refractivity contribution in [2.45, 2.75) is 65.5 Å². The van der Waals surface area contributed by atoms with E-state index in [4.69, 9.17) is 4.74 Å². The quantitative estimate of drug-likeness (QED) is 0.832. The van der Waals surface area contributed by atoms with Gasteiger partial charge in [-0.1, -0.05) is 13.8 Å². The molecule has 4 atom stereocenters. The van der Waals surface area contributed by atoms with Crippen molar-refractivity contribution in [1.82, 2.24) is 5.32 Å². The predicted molar refractivity (Wildman–Crippen MR) is 76.5 cm³/mol. The van der Waals surface area contributed by atoms with Crippen molar-refractivity contribution < 1.29 is 19.4 Å². The minimum absolute atomic E-state index is 0.357. The van der Waals surface area contributed by atoms with E-state index in [0.29, 0.717) is 24.2 Å². The monoisotopic (exact) mass is 285 g/mol. The molecule has 1 saturated carbocycles. The van der Waals surface area contributed by atoms with Gasteiger partial charge >= 0.3 is 12.1 Å². The summed E-state index contributed by atoms with van der Waals surface area (Å²) in [6, 6.07) is -0.868. The van der Waals surface area contributed by atoms with E-state index in [1.165, 1.54) is 0 Å². The first-order valence-electron chi connectivity index (χ1n) is 7.30. The lowest BCUT2D eigenvalue weighted by atomic mass is 9.97. The number of carbonyl (C=O) groups is 2. The minimum atomic E-state index is -0.997. The maximum atomic E-state index is 11.7. The third-order valence-electron chi connectivity index (χ3n) is 3.94. The molecule has 0 saturated heterocycles. The van der Waals surface area contributed by atoms with E-state index in [-0.39, 0.29) is 0 Å². The molecule has 5 nitrogen and oxygen atoms in total. The molecule has 0 heterocycles. The topological polar surface area (TPSA) is 75.6 Å². The van der Waals surface area contributed by atoms with Crippen LogP contribution in [0.15, 0.2) is 0 Å². The highest BCUT2D eigenvalue weighted by Crippen LogP contribution is 2.38. The van der Waals surface area contributed by atoms with Crippen LogP contribution in [0.5, 0.6) is 0 Å². The molecule has 1 amide bonds. The first-order chi connectivity index (χ1) is 9.08. The summed E-state index contributed by atoms with van der Waals surface area (Å²) >= 11 is 0. The summed E-state index contributed by atoms with van der Waals surface area (Å²) in [5.74, 6) is 0.603. The highest BCUT2D eigenvalue weighted by atomic mass is 16.6. The van der Waals surface area contributed by atoms with Crippen LogP contribution in [-0.2, 0) is 9.53 Å². The Hall–Kier alpha value is -1.26. The predicted octanol–water partition coefficient (Wildman–Crippen LogP) is 3.04. The molecular weight excluding hydrogens is 258 g/mol. The largest absolute Gasteiger partial charge is 0.480 e. The highest BCUT2D eigenvalue weighted by Gasteiger charge is 2.33. The third kappa shape index (κ3) is 5.39. The number of carboxylic acids is 1. The Kier molecular flexibility index (Phi) is 5.42. The SMILES string of the molecule is C[C@@H]1CC(C[C@H](NC(=O)OC(C)(C)C)C(=O)O)C[C@@H]1C. The standard InChI is InChI=1S/C15H27NO4/c1-9-6-11(7-10(9)2)8-12(13(17)18)16-14(19)20-15(3,4)5/h9-12H,6-8H2,1-5H3,(H,16,19)(H,17,18)/t9-,10+,11?,12-/m0/s1. The van der Waals surface area contributed by atoms with E-state index in [0.717, 1.165) is 12.8 Å². The van der Waals surface area contributed by atoms with Crippen molar-refractivity contribution in [3.05, 3.63) is 0 Å². The number of carboxylic acid groups (broad SMARTS) is 1. The highest BCUT2D eigenvalue weighted by molar-refractivity contribution is 5.80. The molecule has 1 rings (SSSR count). The minimum Gasteiger partial charge on any atom is -0.480 e. The number of hydrogen-bond acceptors (Lipinski definition) is 3. The second-order valence-corrected chi connectivity index (χ2v) is 7.06. The van der Waals surface area contributed by atoms with E-state index in [1.54, 1.807) is 20.8 Å². The number of alkyl carbamates (subject to hydrolysis) is 1. The van der Waals surface area contributed by atoms with Crippen molar-refractivity contribution in [1.29, 1.82) is 0 Å². The second-order valence-electron chi connectivity index (χ2n) is 7.06. The van der Waals surface area contributed by atoms with E-state index in [1.807, 2.05) is 0 Å². The lowest BCUT2D eigenvalue weighted by Crippen LogP contribution is -2.44. The Bertz CT molecular complexity index is 351. The molecule has 1 aliphatic carbocycles. The van der Waals surface area contributed by atoms with Crippen LogP contribution in [0, 0.1) is 17.8 Å². The van der Waals surface area contributed by atoms with Crippen LogP contribution in [0.1, 0.15) is 53.9 Å². The lowest BCUT2D eigenvalue weighted by Gasteiger charge is -2.23. The van der Waals surface area contributed by atoms with Crippen LogP contribution in [0.3, 0.4) is 0 Å². The number of carbonyl (C=O) groups excluding carboxylic acids is 1. The van der Waals surface area contributed by atoms with Gasteiger partial charge in [0.25, 0.3) is 0 Å². The van der Waals surface area contributed by atoms with Gasteiger partial charge in [0.2, 0.25) is 0 Å². The van der Waals surface area contributed by atoms with Gasteiger partial charge in [0, 0.05) is 0 Å². The van der Waals surface area contributed by atoms with Crippen LogP contribution < -0.4 is 5.32 Å². The number of rotatable bonds is 4. The molecule has 20 heavy (non-hydrogen) atoms. The molecule has 1 unspecified atom stereocenters. The molecule has 1 fully saturated rings. The summed E-state index contributed by atoms with van der Waals surface area (Å²) < 4.78 is 5.11. The molecule has 116 valence electrons. The average molecular weight is 285 g/mol. The maximum absolute atomic E-state index is 11.7. The summed E-state index contributed by atoms with van der Waals surface area (Å²) in [5.41, 5.74) is -0.622. The summed E-state index contributed by atoms with van der Waals surface area (Å²) in [6.45, 7) is 9.65. The molecule has 0 aromatic rings. The van der Waals surface area contributed by atoms with E-state index < -0.39 is 23.7 Å². The van der Waals surface area contributed by atoms with Crippen LogP contribution in [0.4, 0.5) is 4.79 Å². The average Bonchev–Trinajstić information content (AvgIpc) is 2.54. The summed E-state index contributed by atoms with van der Waals surface area (Å²) in [4.78, 5) is 23.0. The van der Waals surface area contributed by atoms with Gasteiger partial charge in [0.15, 0.2) is 0 Å². The van der Waals surface area contributed by atoms with Gasteiger partial charge in [-0.05, 0) is 57.8 Å². The first-order valence-corrected chi connectivity index (χ1v) is 7.30. The zero-order chi connectivity index (χ0) is 15.5. The third-order valence-corrected chi connectivity index (χ3v) is 3.94. The van der Waals surface area contributed by atoms with Gasteiger partial charge in [-0.2, -0.15) is 0 Å². The molecule has 0 bridgehead atoms. The van der Waals surface area contributed by atoms with Gasteiger partial charge in [-0.25, -0.2) is 9.59 Å². The molecule has 1 aliphatic rings. The van der Waals surface area contributed by atoms with Crippen molar-refractivity contribution in [2.24, 2.45) is 17.8 Å².